The van der Waals surface area contributed by atoms with Gasteiger partial charge in [0.15, 0.2) is 6.10 Å². The lowest BCUT2D eigenvalue weighted by Crippen LogP contribution is -2.63. The largest absolute Gasteiger partial charge is 0.461 e. The third-order valence-corrected chi connectivity index (χ3v) is 7.90. The van der Waals surface area contributed by atoms with Crippen molar-refractivity contribution in [3.8, 4) is 5.75 Å². The van der Waals surface area contributed by atoms with Crippen LogP contribution in [0.2, 0.25) is 0 Å². The Bertz CT molecular complexity index is 1260. The number of ether oxygens (including phenoxy) is 4. The van der Waals surface area contributed by atoms with E-state index in [9.17, 15) is 31.5 Å². The van der Waals surface area contributed by atoms with Gasteiger partial charge in [-0.15, -0.1) is 6.58 Å². The van der Waals surface area contributed by atoms with Gasteiger partial charge in [0.1, 0.15) is 24.1 Å². The van der Waals surface area contributed by atoms with Crippen molar-refractivity contribution in [1.82, 2.24) is 4.72 Å². The predicted molar refractivity (Wildman–Crippen MR) is 146 cm³/mol. The molecule has 1 heterocycles. The Hall–Kier alpha value is -2.24. The molecule has 0 amide bonds. The van der Waals surface area contributed by atoms with Gasteiger partial charge in [0.05, 0.1) is 17.1 Å². The predicted octanol–water partition coefficient (Wildman–Crippen LogP) is 4.04. The molecule has 1 aliphatic rings. The van der Waals surface area contributed by atoms with Gasteiger partial charge in [-0.25, -0.2) is 13.1 Å². The summed E-state index contributed by atoms with van der Waals surface area (Å²) >= 11 is 2.10. The maximum atomic E-state index is 13.1. The first kappa shape index (κ1) is 32.3. The molecule has 0 spiro atoms. The molecule has 9 nitrogen and oxygen atoms in total. The van der Waals surface area contributed by atoms with Gasteiger partial charge in [-0.1, -0.05) is 19.1 Å². The highest BCUT2D eigenvalue weighted by molar-refractivity contribution is 14.1. The lowest BCUT2D eigenvalue weighted by atomic mass is 9.98. The Balaban J connectivity index is 1.88. The minimum absolute atomic E-state index is 0.0531. The second-order valence-corrected chi connectivity index (χ2v) is 11.8. The minimum atomic E-state index is -4.74. The number of hydrogen-bond donors (Lipinski definition) is 2. The summed E-state index contributed by atoms with van der Waals surface area (Å²) in [6.45, 7) is 4.75. The Morgan fingerprint density at radius 2 is 1.90 bits per heavy atom. The fourth-order valence-electron chi connectivity index (χ4n) is 3.83. The second-order valence-electron chi connectivity index (χ2n) is 8.77. The monoisotopic (exact) mass is 699 g/mol. The van der Waals surface area contributed by atoms with E-state index in [1.165, 1.54) is 6.08 Å². The number of sulfonamides is 1. The van der Waals surface area contributed by atoms with Crippen molar-refractivity contribution in [2.24, 2.45) is 0 Å². The van der Waals surface area contributed by atoms with Gasteiger partial charge in [-0.3, -0.25) is 4.79 Å². The number of hydrogen-bond acceptors (Lipinski definition) is 8. The van der Waals surface area contributed by atoms with Crippen LogP contribution in [0.25, 0.3) is 0 Å². The summed E-state index contributed by atoms with van der Waals surface area (Å²) in [4.78, 5) is 11.8. The number of alkyl halides is 3. The topological polar surface area (TPSA) is 120 Å². The van der Waals surface area contributed by atoms with Crippen molar-refractivity contribution in [1.29, 1.82) is 0 Å². The lowest BCUT2D eigenvalue weighted by Gasteiger charge is -2.43. The Morgan fingerprint density at radius 1 is 1.20 bits per heavy atom. The second kappa shape index (κ2) is 14.1. The zero-order chi connectivity index (χ0) is 29.5. The van der Waals surface area contributed by atoms with Crippen molar-refractivity contribution in [3.63, 3.8) is 0 Å². The summed E-state index contributed by atoms with van der Waals surface area (Å²) in [6, 6.07) is 10.1. The first-order valence-corrected chi connectivity index (χ1v) is 14.8. The number of aliphatic hydroxyl groups excluding tert-OH is 1. The number of aliphatic hydroxyl groups is 1. The standard InChI is InChI=1S/C26H29F3INO8S/c1-3-6-21(32)39-24-23(36-13-4-2)22(33)20(38-25(24)37-18-11-9-17(30)10-12-18)15-31-40(34,35)19-8-5-7-16(14-19)26(27,28)29/h4-5,7-12,14,20,22-25,31,33H,2-3,6,13,15H2,1H3/t20-,22-,23+,24-,25+/m1/s1. The highest BCUT2D eigenvalue weighted by Crippen LogP contribution is 2.31. The fraction of sp³-hybridized carbons (Fsp3) is 0.423. The smallest absolute Gasteiger partial charge is 0.416 e. The van der Waals surface area contributed by atoms with Crippen LogP contribution in [0.5, 0.6) is 5.75 Å². The third-order valence-electron chi connectivity index (χ3n) is 5.76. The van der Waals surface area contributed by atoms with Gasteiger partial charge in [0.25, 0.3) is 0 Å². The van der Waals surface area contributed by atoms with Gasteiger partial charge in [0.2, 0.25) is 16.3 Å². The van der Waals surface area contributed by atoms with E-state index in [1.54, 1.807) is 31.2 Å². The van der Waals surface area contributed by atoms with E-state index < -0.39 is 69.9 Å². The van der Waals surface area contributed by atoms with E-state index in [-0.39, 0.29) is 13.0 Å². The number of nitrogens with one attached hydrogen (secondary N) is 1. The molecule has 1 fully saturated rings. The van der Waals surface area contributed by atoms with Crippen molar-refractivity contribution in [3.05, 3.63) is 70.3 Å². The molecule has 2 aromatic carbocycles. The maximum absolute atomic E-state index is 13.1. The van der Waals surface area contributed by atoms with Crippen molar-refractivity contribution in [2.75, 3.05) is 13.2 Å². The van der Waals surface area contributed by atoms with E-state index in [0.717, 1.165) is 21.8 Å². The zero-order valence-electron chi connectivity index (χ0n) is 21.3. The van der Waals surface area contributed by atoms with Crippen molar-refractivity contribution >= 4 is 38.6 Å². The molecule has 0 unspecified atom stereocenters. The first-order valence-electron chi connectivity index (χ1n) is 12.2. The molecule has 1 saturated heterocycles. The molecule has 0 bridgehead atoms. The van der Waals surface area contributed by atoms with Crippen LogP contribution in [0.4, 0.5) is 13.2 Å². The summed E-state index contributed by atoms with van der Waals surface area (Å²) in [7, 11) is -4.45. The van der Waals surface area contributed by atoms with E-state index in [2.05, 4.69) is 33.9 Å². The molecule has 1 aliphatic heterocycles. The van der Waals surface area contributed by atoms with Crippen LogP contribution in [-0.2, 0) is 35.2 Å². The average molecular weight is 699 g/mol. The summed E-state index contributed by atoms with van der Waals surface area (Å²) in [5.74, 6) is -0.250. The van der Waals surface area contributed by atoms with E-state index in [1.807, 2.05) is 0 Å². The lowest BCUT2D eigenvalue weighted by molar-refractivity contribution is -0.282. The Kier molecular flexibility index (Phi) is 11.4. The number of halogens is 4. The van der Waals surface area contributed by atoms with Crippen molar-refractivity contribution < 1.29 is 50.4 Å². The molecule has 3 rings (SSSR count). The highest BCUT2D eigenvalue weighted by Gasteiger charge is 2.49. The molecule has 5 atom stereocenters. The molecule has 0 radical (unpaired) electrons. The van der Waals surface area contributed by atoms with Gasteiger partial charge in [-0.2, -0.15) is 13.2 Å². The van der Waals surface area contributed by atoms with Crippen LogP contribution in [0, 0.1) is 3.57 Å². The van der Waals surface area contributed by atoms with E-state index in [4.69, 9.17) is 18.9 Å². The zero-order valence-corrected chi connectivity index (χ0v) is 24.3. The number of carbonyl (C=O) groups is 1. The van der Waals surface area contributed by atoms with Gasteiger partial charge >= 0.3 is 12.1 Å². The summed E-state index contributed by atoms with van der Waals surface area (Å²) in [6.07, 6.45) is -9.38. The van der Waals surface area contributed by atoms with E-state index in [0.29, 0.717) is 18.2 Å². The molecule has 40 heavy (non-hydrogen) atoms. The Labute approximate surface area is 243 Å². The van der Waals surface area contributed by atoms with Crippen LogP contribution in [0.1, 0.15) is 25.3 Å². The normalized spacial score (nSPS) is 23.4. The summed E-state index contributed by atoms with van der Waals surface area (Å²) in [5.41, 5.74) is -1.13. The quantitative estimate of drug-likeness (QED) is 0.194. The van der Waals surface area contributed by atoms with Gasteiger partial charge in [-0.05, 0) is 71.5 Å². The third kappa shape index (κ3) is 8.63. The van der Waals surface area contributed by atoms with E-state index >= 15 is 0 Å². The summed E-state index contributed by atoms with van der Waals surface area (Å²) in [5, 5.41) is 11.1. The molecule has 2 aromatic rings. The average Bonchev–Trinajstić information content (AvgIpc) is 2.90. The number of carbonyl (C=O) groups excluding carboxylic acids is 1. The molecule has 220 valence electrons. The van der Waals surface area contributed by atoms with Crippen LogP contribution in [0.3, 0.4) is 0 Å². The molecule has 0 aliphatic carbocycles. The first-order chi connectivity index (χ1) is 18.9. The van der Waals surface area contributed by atoms with Crippen molar-refractivity contribution in [2.45, 2.75) is 61.5 Å². The molecule has 0 saturated carbocycles. The van der Waals surface area contributed by atoms with Crippen LogP contribution < -0.4 is 9.46 Å². The number of esters is 1. The van der Waals surface area contributed by atoms with Gasteiger partial charge < -0.3 is 24.1 Å². The van der Waals surface area contributed by atoms with Crippen LogP contribution in [-0.4, -0.2) is 63.4 Å². The molecule has 0 aromatic heterocycles. The van der Waals surface area contributed by atoms with Crippen LogP contribution >= 0.6 is 22.6 Å². The maximum Gasteiger partial charge on any atom is 0.416 e. The van der Waals surface area contributed by atoms with Crippen LogP contribution in [0.15, 0.2) is 66.1 Å². The number of rotatable bonds is 12. The SMILES string of the molecule is C=CCO[C@H]1[C@H](O)[C@@H](CNS(=O)(=O)c2cccc(C(F)(F)F)c2)O[C@H](Oc2ccc(I)cc2)[C@@H]1OC(=O)CCC. The number of benzene rings is 2. The molecular weight excluding hydrogens is 670 g/mol. The van der Waals surface area contributed by atoms with Gasteiger partial charge in [0, 0.05) is 16.5 Å². The Morgan fingerprint density at radius 3 is 2.52 bits per heavy atom. The molecular formula is C26H29F3INO8S. The molecule has 14 heteroatoms. The minimum Gasteiger partial charge on any atom is -0.461 e. The summed E-state index contributed by atoms with van der Waals surface area (Å²) < 4.78 is 91.2. The fourth-order valence-corrected chi connectivity index (χ4v) is 5.28. The molecule has 2 N–H and O–H groups in total. The highest BCUT2D eigenvalue weighted by atomic mass is 127.